The second-order valence-electron chi connectivity index (χ2n) is 10.4. The molecule has 2 aromatic carbocycles. The first-order valence-corrected chi connectivity index (χ1v) is 14.7. The summed E-state index contributed by atoms with van der Waals surface area (Å²) in [4.78, 5) is 27.8. The van der Waals surface area contributed by atoms with Crippen molar-refractivity contribution in [1.82, 2.24) is 14.4 Å². The molecule has 4 rings (SSSR count). The number of nitrogens with one attached hydrogen (secondary N) is 2. The average molecular weight is 604 g/mol. The Labute approximate surface area is 243 Å². The minimum atomic E-state index is -3.97. The van der Waals surface area contributed by atoms with E-state index in [1.165, 1.54) is 36.2 Å². The Morgan fingerprint density at radius 2 is 1.90 bits per heavy atom. The van der Waals surface area contributed by atoms with Crippen molar-refractivity contribution >= 4 is 33.3 Å². The summed E-state index contributed by atoms with van der Waals surface area (Å²) in [6.07, 6.45) is -0.702. The Hall–Kier alpha value is -4.01. The molecule has 0 bridgehead atoms. The molecular formula is C28H34FN5O7S. The molecule has 3 N–H and O–H groups in total. The van der Waals surface area contributed by atoms with Crippen molar-refractivity contribution in [2.45, 2.75) is 44.7 Å². The van der Waals surface area contributed by atoms with E-state index in [1.807, 2.05) is 6.92 Å². The van der Waals surface area contributed by atoms with Crippen LogP contribution in [-0.4, -0.2) is 78.7 Å². The number of hydrogen-bond donors (Lipinski definition) is 3. The molecule has 1 aromatic heterocycles. The van der Waals surface area contributed by atoms with Gasteiger partial charge in [-0.25, -0.2) is 17.6 Å². The quantitative estimate of drug-likeness (QED) is 0.353. The van der Waals surface area contributed by atoms with E-state index >= 15 is 0 Å². The van der Waals surface area contributed by atoms with Gasteiger partial charge in [0.25, 0.3) is 5.91 Å². The van der Waals surface area contributed by atoms with Crippen LogP contribution >= 0.6 is 0 Å². The number of carbonyl (C=O) groups is 2. The molecule has 1 aliphatic rings. The van der Waals surface area contributed by atoms with Crippen LogP contribution in [0.5, 0.6) is 5.75 Å². The minimum absolute atomic E-state index is 0.0680. The zero-order valence-corrected chi connectivity index (χ0v) is 24.7. The highest BCUT2D eigenvalue weighted by Crippen LogP contribution is 2.31. The number of likely N-dealkylation sites (N-methyl/N-ethyl adjacent to an activating group) is 1. The lowest BCUT2D eigenvalue weighted by atomic mass is 9.99. The van der Waals surface area contributed by atoms with Crippen molar-refractivity contribution in [3.63, 3.8) is 0 Å². The van der Waals surface area contributed by atoms with Crippen molar-refractivity contribution in [3.8, 4) is 5.75 Å². The van der Waals surface area contributed by atoms with Crippen LogP contribution in [0.15, 0.2) is 51.9 Å². The molecule has 0 radical (unpaired) electrons. The molecule has 1 aliphatic heterocycles. The Kier molecular flexibility index (Phi) is 9.18. The number of sulfonamides is 1. The first-order valence-electron chi connectivity index (χ1n) is 13.3. The average Bonchev–Trinajstić information content (AvgIpc) is 3.26. The fourth-order valence-corrected chi connectivity index (χ4v) is 5.78. The molecule has 14 heteroatoms. The summed E-state index contributed by atoms with van der Waals surface area (Å²) in [5, 5.41) is 19.0. The standard InChI is InChI=1S/C28H34FN5O7S/c1-16-13-34(17(2)15-35)27(36)23-12-21(30-28(37)31-26-18(3)32-41-19(26)4)8-11-24(23)40-25(16)14-33(5)42(38,39)22-9-6-20(29)7-10-22/h6-12,16-17,25,35H,13-15H2,1-5H3,(H2,30,31,37)/t16-,17-,25+/m0/s1. The molecule has 0 saturated heterocycles. The van der Waals surface area contributed by atoms with Gasteiger partial charge in [0.1, 0.15) is 29.1 Å². The number of halogens is 1. The van der Waals surface area contributed by atoms with E-state index in [9.17, 15) is 27.5 Å². The number of anilines is 2. The molecule has 226 valence electrons. The van der Waals surface area contributed by atoms with Crippen LogP contribution < -0.4 is 15.4 Å². The van der Waals surface area contributed by atoms with Gasteiger partial charge >= 0.3 is 6.03 Å². The van der Waals surface area contributed by atoms with Gasteiger partial charge < -0.3 is 29.9 Å². The molecular weight excluding hydrogens is 569 g/mol. The predicted molar refractivity (Wildman–Crippen MR) is 152 cm³/mol. The van der Waals surface area contributed by atoms with Crippen molar-refractivity contribution in [2.24, 2.45) is 5.92 Å². The van der Waals surface area contributed by atoms with Crippen molar-refractivity contribution in [3.05, 3.63) is 65.3 Å². The van der Waals surface area contributed by atoms with Gasteiger partial charge in [0.05, 0.1) is 29.7 Å². The fraction of sp³-hybridized carbons (Fsp3) is 0.393. The highest BCUT2D eigenvalue weighted by molar-refractivity contribution is 7.89. The highest BCUT2D eigenvalue weighted by atomic mass is 32.2. The summed E-state index contributed by atoms with van der Waals surface area (Å²) >= 11 is 0. The number of aryl methyl sites for hydroxylation is 2. The van der Waals surface area contributed by atoms with Crippen LogP contribution in [0.25, 0.3) is 0 Å². The molecule has 3 atom stereocenters. The fourth-order valence-electron chi connectivity index (χ4n) is 4.59. The van der Waals surface area contributed by atoms with Crippen LogP contribution in [0.3, 0.4) is 0 Å². The Bertz CT molecular complexity index is 1540. The lowest BCUT2D eigenvalue weighted by molar-refractivity contribution is 0.0387. The number of fused-ring (bicyclic) bond motifs is 1. The Morgan fingerprint density at radius 1 is 1.21 bits per heavy atom. The van der Waals surface area contributed by atoms with Gasteiger partial charge in [-0.15, -0.1) is 0 Å². The van der Waals surface area contributed by atoms with E-state index in [4.69, 9.17) is 9.26 Å². The first kappa shape index (κ1) is 30.9. The van der Waals surface area contributed by atoms with Crippen LogP contribution in [-0.2, 0) is 10.0 Å². The number of amides is 3. The summed E-state index contributed by atoms with van der Waals surface area (Å²) in [7, 11) is -2.57. The van der Waals surface area contributed by atoms with Crippen LogP contribution in [0.1, 0.15) is 35.7 Å². The zero-order chi connectivity index (χ0) is 30.8. The van der Waals surface area contributed by atoms with E-state index in [-0.39, 0.29) is 41.8 Å². The molecule has 0 aliphatic carbocycles. The van der Waals surface area contributed by atoms with E-state index in [2.05, 4.69) is 15.8 Å². The van der Waals surface area contributed by atoms with E-state index in [0.29, 0.717) is 22.8 Å². The van der Waals surface area contributed by atoms with Crippen molar-refractivity contribution in [1.29, 1.82) is 0 Å². The molecule has 0 fully saturated rings. The van der Waals surface area contributed by atoms with Gasteiger partial charge in [-0.3, -0.25) is 4.79 Å². The lowest BCUT2D eigenvalue weighted by Crippen LogP contribution is -2.50. The van der Waals surface area contributed by atoms with Gasteiger partial charge in [0.2, 0.25) is 10.0 Å². The molecule has 3 amide bonds. The number of hydrogen-bond acceptors (Lipinski definition) is 8. The monoisotopic (exact) mass is 603 g/mol. The van der Waals surface area contributed by atoms with Crippen molar-refractivity contribution < 1.29 is 36.8 Å². The SMILES string of the molecule is Cc1noc(C)c1NC(=O)Nc1ccc2c(c1)C(=O)N([C@@H](C)CO)C[C@H](C)[C@@H](CN(C)S(=O)(=O)c1ccc(F)cc1)O2. The largest absolute Gasteiger partial charge is 0.488 e. The number of urea groups is 1. The van der Waals surface area contributed by atoms with Gasteiger partial charge in [-0.05, 0) is 63.2 Å². The summed E-state index contributed by atoms with van der Waals surface area (Å²) in [6, 6.07) is 7.96. The maximum absolute atomic E-state index is 13.7. The Balaban J connectivity index is 1.62. The number of carbonyl (C=O) groups excluding carboxylic acids is 2. The van der Waals surface area contributed by atoms with Crippen LogP contribution in [0, 0.1) is 25.6 Å². The van der Waals surface area contributed by atoms with Crippen LogP contribution in [0.4, 0.5) is 20.6 Å². The van der Waals surface area contributed by atoms with Gasteiger partial charge in [-0.2, -0.15) is 4.31 Å². The molecule has 0 saturated carbocycles. The smallest absolute Gasteiger partial charge is 0.323 e. The molecule has 0 unspecified atom stereocenters. The molecule has 3 aromatic rings. The molecule has 2 heterocycles. The van der Waals surface area contributed by atoms with Crippen LogP contribution in [0.2, 0.25) is 0 Å². The van der Waals surface area contributed by atoms with E-state index < -0.39 is 39.9 Å². The van der Waals surface area contributed by atoms with Crippen molar-refractivity contribution in [2.75, 3.05) is 37.4 Å². The Morgan fingerprint density at radius 3 is 2.52 bits per heavy atom. The highest BCUT2D eigenvalue weighted by Gasteiger charge is 2.35. The number of rotatable bonds is 8. The third kappa shape index (κ3) is 6.55. The lowest BCUT2D eigenvalue weighted by Gasteiger charge is -2.38. The molecule has 0 spiro atoms. The second kappa shape index (κ2) is 12.5. The number of nitrogens with zero attached hydrogens (tertiary/aromatic N) is 3. The summed E-state index contributed by atoms with van der Waals surface area (Å²) in [6.45, 7) is 6.67. The number of benzene rings is 2. The summed E-state index contributed by atoms with van der Waals surface area (Å²) in [5.41, 5.74) is 1.36. The van der Waals surface area contributed by atoms with E-state index in [0.717, 1.165) is 16.4 Å². The second-order valence-corrected chi connectivity index (χ2v) is 12.4. The number of aromatic nitrogens is 1. The summed E-state index contributed by atoms with van der Waals surface area (Å²) < 4.78 is 52.2. The number of aliphatic hydroxyl groups excluding tert-OH is 1. The number of ether oxygens (including phenoxy) is 1. The molecule has 12 nitrogen and oxygen atoms in total. The maximum atomic E-state index is 13.7. The zero-order valence-electron chi connectivity index (χ0n) is 23.9. The van der Waals surface area contributed by atoms with Gasteiger partial charge in [0, 0.05) is 25.2 Å². The number of aliphatic hydroxyl groups is 1. The van der Waals surface area contributed by atoms with Gasteiger partial charge in [0.15, 0.2) is 5.76 Å². The van der Waals surface area contributed by atoms with E-state index in [1.54, 1.807) is 26.8 Å². The minimum Gasteiger partial charge on any atom is -0.488 e. The predicted octanol–water partition coefficient (Wildman–Crippen LogP) is 3.62. The third-order valence-corrected chi connectivity index (χ3v) is 8.99. The summed E-state index contributed by atoms with van der Waals surface area (Å²) in [5.74, 6) is -0.692. The normalized spacial score (nSPS) is 18.1. The third-order valence-electron chi connectivity index (χ3n) is 7.15. The topological polar surface area (TPSA) is 154 Å². The molecule has 42 heavy (non-hydrogen) atoms. The maximum Gasteiger partial charge on any atom is 0.323 e. The first-order chi connectivity index (χ1) is 19.8. The van der Waals surface area contributed by atoms with Gasteiger partial charge in [-0.1, -0.05) is 12.1 Å².